The molecule has 0 aliphatic carbocycles. The van der Waals surface area contributed by atoms with Gasteiger partial charge in [-0.05, 0) is 25.8 Å². The summed E-state index contributed by atoms with van der Waals surface area (Å²) in [5.74, 6) is -0.289. The molecule has 39 heavy (non-hydrogen) atoms. The van der Waals surface area contributed by atoms with E-state index in [0.29, 0.717) is 6.42 Å². The highest BCUT2D eigenvalue weighted by Gasteiger charge is 2.44. The summed E-state index contributed by atoms with van der Waals surface area (Å²) in [4.78, 5) is 15.0. The highest BCUT2D eigenvalue weighted by Crippen LogP contribution is 2.22. The van der Waals surface area contributed by atoms with Crippen molar-refractivity contribution in [3.05, 3.63) is 0 Å². The second kappa shape index (κ2) is 19.2. The van der Waals surface area contributed by atoms with Gasteiger partial charge < -0.3 is 50.2 Å². The molecule has 2 aliphatic heterocycles. The van der Waals surface area contributed by atoms with Crippen LogP contribution in [-0.4, -0.2) is 136 Å². The number of carbonyl (C=O) groups is 1. The number of hydrogen-bond acceptors (Lipinski definition) is 11. The topological polar surface area (TPSA) is 181 Å². The predicted molar refractivity (Wildman–Crippen MR) is 143 cm³/mol. The monoisotopic (exact) mass is 564 g/mol. The third kappa shape index (κ3) is 12.2. The van der Waals surface area contributed by atoms with Crippen LogP contribution in [-0.2, 0) is 19.0 Å². The number of aliphatic hydroxyl groups excluding tert-OH is 6. The number of amides is 1. The molecule has 12 heteroatoms. The quantitative estimate of drug-likeness (QED) is 0.0982. The first kappa shape index (κ1) is 34.3. The van der Waals surface area contributed by atoms with Crippen LogP contribution < -0.4 is 5.32 Å². The first-order valence-corrected chi connectivity index (χ1v) is 14.7. The van der Waals surface area contributed by atoms with Crippen LogP contribution in [0.4, 0.5) is 0 Å². The van der Waals surface area contributed by atoms with Crippen molar-refractivity contribution in [3.63, 3.8) is 0 Å². The maximum absolute atomic E-state index is 12.6. The van der Waals surface area contributed by atoms with Crippen LogP contribution in [0.1, 0.15) is 71.1 Å². The van der Waals surface area contributed by atoms with Crippen molar-refractivity contribution in [2.24, 2.45) is 0 Å². The van der Waals surface area contributed by atoms with Crippen molar-refractivity contribution in [2.75, 3.05) is 46.1 Å². The maximum Gasteiger partial charge on any atom is 0.220 e. The zero-order valence-electron chi connectivity index (χ0n) is 23.4. The van der Waals surface area contributed by atoms with E-state index in [1.165, 1.54) is 25.7 Å². The summed E-state index contributed by atoms with van der Waals surface area (Å²) < 4.78 is 16.2. The van der Waals surface area contributed by atoms with E-state index in [9.17, 15) is 35.4 Å². The molecule has 2 aliphatic rings. The molecule has 7 N–H and O–H groups in total. The van der Waals surface area contributed by atoms with Crippen LogP contribution >= 0.6 is 0 Å². The summed E-state index contributed by atoms with van der Waals surface area (Å²) in [6, 6.07) is -0.989. The van der Waals surface area contributed by atoms with Crippen LogP contribution in [0.25, 0.3) is 0 Å². The number of unbranched alkanes of at least 4 members (excludes halogenated alkanes) is 7. The van der Waals surface area contributed by atoms with E-state index in [4.69, 9.17) is 14.2 Å². The van der Waals surface area contributed by atoms with Crippen molar-refractivity contribution in [2.45, 2.75) is 120 Å². The molecule has 0 aromatic carbocycles. The van der Waals surface area contributed by atoms with Crippen LogP contribution in [0.3, 0.4) is 0 Å². The van der Waals surface area contributed by atoms with Gasteiger partial charge in [-0.3, -0.25) is 9.69 Å². The Labute approximate surface area is 232 Å². The fourth-order valence-electron chi connectivity index (χ4n) is 4.92. The van der Waals surface area contributed by atoms with Gasteiger partial charge in [-0.2, -0.15) is 0 Å². The molecule has 0 aromatic heterocycles. The van der Waals surface area contributed by atoms with Gasteiger partial charge in [0.1, 0.15) is 30.5 Å². The molecule has 0 spiro atoms. The predicted octanol–water partition coefficient (Wildman–Crippen LogP) is -0.737. The van der Waals surface area contributed by atoms with Gasteiger partial charge in [0.25, 0.3) is 0 Å². The third-order valence-electron chi connectivity index (χ3n) is 7.59. The highest BCUT2D eigenvalue weighted by atomic mass is 16.7. The zero-order valence-corrected chi connectivity index (χ0v) is 23.4. The van der Waals surface area contributed by atoms with E-state index in [1.807, 2.05) is 0 Å². The van der Waals surface area contributed by atoms with E-state index < -0.39 is 55.6 Å². The minimum Gasteiger partial charge on any atom is -0.394 e. The summed E-state index contributed by atoms with van der Waals surface area (Å²) >= 11 is 0. The largest absolute Gasteiger partial charge is 0.394 e. The number of ether oxygens (including phenoxy) is 3. The molecule has 8 atom stereocenters. The fourth-order valence-corrected chi connectivity index (χ4v) is 4.92. The molecular formula is C27H52N2O10. The number of morpholine rings is 1. The Morgan fingerprint density at radius 3 is 2.18 bits per heavy atom. The molecule has 12 nitrogen and oxygen atoms in total. The standard InChI is InChI=1S/C27H52N2O10/c1-2-20(31)23(33)19(18-38-27-26(36)25(35)24(34)21(17-30)39-27)28-22(32)11-9-7-5-3-4-6-8-10-12-29-13-15-37-16-14-29/h19-21,23-27,30-31,33-36H,2-18H2,1H3,(H,28,32)/t19-,20+,21?,23-,24?,25?,26?,27?/m0/s1. The number of carbonyl (C=O) groups excluding carboxylic acids is 1. The van der Waals surface area contributed by atoms with Gasteiger partial charge >= 0.3 is 0 Å². The van der Waals surface area contributed by atoms with Crippen LogP contribution in [0.2, 0.25) is 0 Å². The number of nitrogens with zero attached hydrogens (tertiary/aromatic N) is 1. The number of hydrogen-bond donors (Lipinski definition) is 7. The van der Waals surface area contributed by atoms with E-state index in [2.05, 4.69) is 10.2 Å². The number of aliphatic hydroxyl groups is 6. The normalized spacial score (nSPS) is 28.6. The second-order valence-electron chi connectivity index (χ2n) is 10.7. The van der Waals surface area contributed by atoms with Crippen molar-refractivity contribution >= 4 is 5.91 Å². The lowest BCUT2D eigenvalue weighted by molar-refractivity contribution is -0.303. The van der Waals surface area contributed by atoms with Gasteiger partial charge in [0.2, 0.25) is 5.91 Å². The molecule has 2 fully saturated rings. The van der Waals surface area contributed by atoms with Gasteiger partial charge in [0, 0.05) is 19.5 Å². The van der Waals surface area contributed by atoms with Gasteiger partial charge in [-0.15, -0.1) is 0 Å². The molecule has 2 rings (SSSR count). The Hall–Kier alpha value is -0.930. The Morgan fingerprint density at radius 2 is 1.56 bits per heavy atom. The minimum atomic E-state index is -1.60. The molecule has 2 saturated heterocycles. The van der Waals surface area contributed by atoms with Gasteiger partial charge in [0.15, 0.2) is 6.29 Å². The molecule has 5 unspecified atom stereocenters. The van der Waals surface area contributed by atoms with Crippen LogP contribution in [0.5, 0.6) is 0 Å². The molecule has 0 aromatic rings. The summed E-state index contributed by atoms with van der Waals surface area (Å²) in [6.45, 7) is 5.68. The molecule has 0 saturated carbocycles. The summed E-state index contributed by atoms with van der Waals surface area (Å²) in [6.07, 6.45) is -0.490. The lowest BCUT2D eigenvalue weighted by Gasteiger charge is -2.40. The lowest BCUT2D eigenvalue weighted by atomic mass is 9.99. The van der Waals surface area contributed by atoms with E-state index in [0.717, 1.165) is 52.1 Å². The first-order valence-electron chi connectivity index (χ1n) is 14.7. The lowest BCUT2D eigenvalue weighted by Crippen LogP contribution is -2.60. The van der Waals surface area contributed by atoms with Crippen LogP contribution in [0, 0.1) is 0 Å². The minimum absolute atomic E-state index is 0.251. The molecule has 0 bridgehead atoms. The Balaban J connectivity index is 1.64. The van der Waals surface area contributed by atoms with Gasteiger partial charge in [-0.1, -0.05) is 45.4 Å². The number of nitrogens with one attached hydrogen (secondary N) is 1. The second-order valence-corrected chi connectivity index (χ2v) is 10.7. The smallest absolute Gasteiger partial charge is 0.220 e. The van der Waals surface area contributed by atoms with Crippen molar-refractivity contribution < 1.29 is 49.6 Å². The molecular weight excluding hydrogens is 512 g/mol. The highest BCUT2D eigenvalue weighted by molar-refractivity contribution is 5.76. The molecule has 0 radical (unpaired) electrons. The molecule has 2 heterocycles. The number of rotatable bonds is 19. The maximum atomic E-state index is 12.6. The molecule has 1 amide bonds. The Kier molecular flexibility index (Phi) is 16.9. The van der Waals surface area contributed by atoms with Crippen LogP contribution in [0.15, 0.2) is 0 Å². The fraction of sp³-hybridized carbons (Fsp3) is 0.963. The SMILES string of the molecule is CC[C@@H](O)[C@@H](O)[C@H](COC1OC(CO)C(O)C(O)C1O)NC(=O)CCCCCCCCCCN1CCOCC1. The summed E-state index contributed by atoms with van der Waals surface area (Å²) in [5, 5.41) is 62.7. The average Bonchev–Trinajstić information content (AvgIpc) is 2.95. The van der Waals surface area contributed by atoms with E-state index in [-0.39, 0.29) is 25.4 Å². The molecule has 230 valence electrons. The summed E-state index contributed by atoms with van der Waals surface area (Å²) in [7, 11) is 0. The van der Waals surface area contributed by atoms with E-state index >= 15 is 0 Å². The zero-order chi connectivity index (χ0) is 28.6. The first-order chi connectivity index (χ1) is 18.8. The van der Waals surface area contributed by atoms with Crippen molar-refractivity contribution in [3.8, 4) is 0 Å². The summed E-state index contributed by atoms with van der Waals surface area (Å²) in [5.41, 5.74) is 0. The third-order valence-corrected chi connectivity index (χ3v) is 7.59. The van der Waals surface area contributed by atoms with Gasteiger partial charge in [-0.25, -0.2) is 0 Å². The van der Waals surface area contributed by atoms with Gasteiger partial charge in [0.05, 0.1) is 38.6 Å². The Morgan fingerprint density at radius 1 is 0.949 bits per heavy atom. The van der Waals surface area contributed by atoms with E-state index in [1.54, 1.807) is 6.92 Å². The average molecular weight is 565 g/mol. The van der Waals surface area contributed by atoms with Crippen molar-refractivity contribution in [1.29, 1.82) is 0 Å². The Bertz CT molecular complexity index is 652. The van der Waals surface area contributed by atoms with Crippen molar-refractivity contribution in [1.82, 2.24) is 10.2 Å².